The van der Waals surface area contributed by atoms with E-state index in [1.165, 1.54) is 31.5 Å². The number of benzene rings is 1. The predicted octanol–water partition coefficient (Wildman–Crippen LogP) is 2.31. The molecule has 2 amide bonds. The second kappa shape index (κ2) is 7.53. The number of urea groups is 1. The second-order valence-electron chi connectivity index (χ2n) is 4.03. The Morgan fingerprint density at radius 3 is 2.45 bits per heavy atom. The first-order valence-electron chi connectivity index (χ1n) is 6.23. The lowest BCUT2D eigenvalue weighted by atomic mass is 10.3. The van der Waals surface area contributed by atoms with Crippen molar-refractivity contribution in [2.75, 3.05) is 19.0 Å². The van der Waals surface area contributed by atoms with Gasteiger partial charge in [-0.1, -0.05) is 12.1 Å². The molecule has 0 aliphatic heterocycles. The fraction of sp³-hybridized carbons (Fsp3) is 0.385. The molecule has 1 unspecified atom stereocenters. The molecule has 0 fully saturated rings. The highest BCUT2D eigenvalue weighted by Crippen LogP contribution is 2.24. The minimum Gasteiger partial charge on any atom is -0.495 e. The molecule has 0 radical (unpaired) electrons. The van der Waals surface area contributed by atoms with Crippen molar-refractivity contribution in [3.63, 3.8) is 0 Å². The fourth-order valence-electron chi connectivity index (χ4n) is 1.54. The Hall–Kier alpha value is -2.45. The Morgan fingerprint density at radius 2 is 1.91 bits per heavy atom. The number of ether oxygens (including phenoxy) is 2. The summed E-state index contributed by atoms with van der Waals surface area (Å²) in [5.74, 6) is -1.32. The molecule has 1 aromatic rings. The predicted molar refractivity (Wildman–Crippen MR) is 71.6 cm³/mol. The van der Waals surface area contributed by atoms with Gasteiger partial charge in [-0.25, -0.2) is 9.59 Å². The van der Waals surface area contributed by atoms with Crippen LogP contribution < -0.4 is 15.4 Å². The van der Waals surface area contributed by atoms with E-state index >= 15 is 0 Å². The van der Waals surface area contributed by atoms with Gasteiger partial charge in [0.1, 0.15) is 5.75 Å². The van der Waals surface area contributed by atoms with Gasteiger partial charge in [0, 0.05) is 0 Å². The van der Waals surface area contributed by atoms with Crippen molar-refractivity contribution < 1.29 is 32.2 Å². The zero-order valence-electron chi connectivity index (χ0n) is 11.9. The molecule has 22 heavy (non-hydrogen) atoms. The van der Waals surface area contributed by atoms with Crippen LogP contribution in [0.1, 0.15) is 6.92 Å². The Morgan fingerprint density at radius 1 is 1.27 bits per heavy atom. The van der Waals surface area contributed by atoms with E-state index < -0.39 is 24.2 Å². The summed E-state index contributed by atoms with van der Waals surface area (Å²) >= 11 is 0. The van der Waals surface area contributed by atoms with E-state index in [2.05, 4.69) is 10.1 Å². The largest absolute Gasteiger partial charge is 0.495 e. The number of methoxy groups -OCH3 is 1. The maximum atomic E-state index is 12.8. The van der Waals surface area contributed by atoms with Gasteiger partial charge in [0.25, 0.3) is 0 Å². The maximum absolute atomic E-state index is 12.8. The van der Waals surface area contributed by atoms with Crippen LogP contribution in [0.4, 0.5) is 23.7 Å². The highest BCUT2D eigenvalue weighted by atomic mass is 19.4. The standard InChI is InChI=1S/C13H15F3N2O4/c1-3-22-11(19)10(13(14,15)16)18-12(20)17-8-6-4-5-7-9(8)21-2/h4-7,10H,3H2,1-2H3,(H2,17,18,20). The van der Waals surface area contributed by atoms with Crippen molar-refractivity contribution in [3.05, 3.63) is 24.3 Å². The zero-order valence-corrected chi connectivity index (χ0v) is 11.9. The lowest BCUT2D eigenvalue weighted by Crippen LogP contribution is -2.52. The molecule has 0 aromatic heterocycles. The number of carbonyl (C=O) groups excluding carboxylic acids is 2. The van der Waals surface area contributed by atoms with Crippen molar-refractivity contribution in [1.82, 2.24) is 5.32 Å². The fourth-order valence-corrected chi connectivity index (χ4v) is 1.54. The van der Waals surface area contributed by atoms with E-state index in [1.54, 1.807) is 12.1 Å². The van der Waals surface area contributed by atoms with Gasteiger partial charge in [-0.15, -0.1) is 0 Å². The van der Waals surface area contributed by atoms with Gasteiger partial charge >= 0.3 is 18.2 Å². The van der Waals surface area contributed by atoms with Crippen molar-refractivity contribution >= 4 is 17.7 Å². The molecule has 1 rings (SSSR count). The quantitative estimate of drug-likeness (QED) is 0.816. The minimum absolute atomic E-state index is 0.160. The van der Waals surface area contributed by atoms with E-state index in [9.17, 15) is 22.8 Å². The Kier molecular flexibility index (Phi) is 6.02. The van der Waals surface area contributed by atoms with Gasteiger partial charge in [0.05, 0.1) is 19.4 Å². The molecular formula is C13H15F3N2O4. The van der Waals surface area contributed by atoms with Gasteiger partial charge in [0.2, 0.25) is 6.04 Å². The molecule has 2 N–H and O–H groups in total. The molecule has 9 heteroatoms. The number of anilines is 1. The lowest BCUT2D eigenvalue weighted by molar-refractivity contribution is -0.182. The van der Waals surface area contributed by atoms with Gasteiger partial charge in [-0.2, -0.15) is 13.2 Å². The summed E-state index contributed by atoms with van der Waals surface area (Å²) in [7, 11) is 1.34. The van der Waals surface area contributed by atoms with E-state index in [0.717, 1.165) is 0 Å². The van der Waals surface area contributed by atoms with Crippen LogP contribution in [0, 0.1) is 0 Å². The highest BCUT2D eigenvalue weighted by Gasteiger charge is 2.47. The number of rotatable bonds is 5. The van der Waals surface area contributed by atoms with Gasteiger partial charge in [0.15, 0.2) is 0 Å². The third kappa shape index (κ3) is 4.83. The van der Waals surface area contributed by atoms with E-state index in [-0.39, 0.29) is 18.0 Å². The number of nitrogens with one attached hydrogen (secondary N) is 2. The van der Waals surface area contributed by atoms with E-state index in [0.29, 0.717) is 0 Å². The smallest absolute Gasteiger partial charge is 0.419 e. The molecule has 1 aromatic carbocycles. The third-order valence-electron chi connectivity index (χ3n) is 2.48. The SMILES string of the molecule is CCOC(=O)C(NC(=O)Nc1ccccc1OC)C(F)(F)F. The van der Waals surface area contributed by atoms with Crippen LogP contribution in [0.15, 0.2) is 24.3 Å². The first-order valence-corrected chi connectivity index (χ1v) is 6.23. The number of alkyl halides is 3. The number of amides is 2. The van der Waals surface area contributed by atoms with Crippen LogP contribution in [0.3, 0.4) is 0 Å². The Bertz CT molecular complexity index is 534. The normalized spacial score (nSPS) is 12.2. The summed E-state index contributed by atoms with van der Waals surface area (Å²) in [5, 5.41) is 3.71. The van der Waals surface area contributed by atoms with Gasteiger partial charge in [-0.3, -0.25) is 0 Å². The zero-order chi connectivity index (χ0) is 16.8. The van der Waals surface area contributed by atoms with E-state index in [4.69, 9.17) is 4.74 Å². The molecule has 0 saturated carbocycles. The van der Waals surface area contributed by atoms with Crippen molar-refractivity contribution in [2.45, 2.75) is 19.1 Å². The molecule has 1 atom stereocenters. The number of halogens is 3. The molecular weight excluding hydrogens is 305 g/mol. The number of para-hydroxylation sites is 2. The van der Waals surface area contributed by atoms with E-state index in [1.807, 2.05) is 0 Å². The topological polar surface area (TPSA) is 76.7 Å². The number of hydrogen-bond acceptors (Lipinski definition) is 4. The first kappa shape index (κ1) is 17.6. The van der Waals surface area contributed by atoms with Crippen LogP contribution in [0.5, 0.6) is 5.75 Å². The monoisotopic (exact) mass is 320 g/mol. The average Bonchev–Trinajstić information content (AvgIpc) is 2.44. The molecule has 0 aliphatic rings. The second-order valence-corrected chi connectivity index (χ2v) is 4.03. The summed E-state index contributed by atoms with van der Waals surface area (Å²) < 4.78 is 47.6. The van der Waals surface area contributed by atoms with Gasteiger partial charge in [-0.05, 0) is 19.1 Å². The van der Waals surface area contributed by atoms with Crippen molar-refractivity contribution in [2.24, 2.45) is 0 Å². The summed E-state index contributed by atoms with van der Waals surface area (Å²) in [6.07, 6.45) is -4.97. The minimum atomic E-state index is -4.97. The number of carbonyl (C=O) groups is 2. The molecule has 0 saturated heterocycles. The first-order chi connectivity index (χ1) is 10.3. The van der Waals surface area contributed by atoms with Crippen LogP contribution >= 0.6 is 0 Å². The summed E-state index contributed by atoms with van der Waals surface area (Å²) in [5.41, 5.74) is 0.160. The molecule has 122 valence electrons. The van der Waals surface area contributed by atoms with Crippen molar-refractivity contribution in [1.29, 1.82) is 0 Å². The molecule has 0 heterocycles. The Balaban J connectivity index is 2.81. The molecule has 0 aliphatic carbocycles. The van der Waals surface area contributed by atoms with Crippen LogP contribution in [0.2, 0.25) is 0 Å². The summed E-state index contributed by atoms with van der Waals surface area (Å²) in [6.45, 7) is 1.13. The van der Waals surface area contributed by atoms with Crippen LogP contribution in [-0.2, 0) is 9.53 Å². The Labute approximate surface area is 124 Å². The van der Waals surface area contributed by atoms with Crippen LogP contribution in [0.25, 0.3) is 0 Å². The highest BCUT2D eigenvalue weighted by molar-refractivity contribution is 5.94. The summed E-state index contributed by atoms with van der Waals surface area (Å²) in [6, 6.07) is 2.18. The molecule has 0 spiro atoms. The molecule has 6 nitrogen and oxygen atoms in total. The number of hydrogen-bond donors (Lipinski definition) is 2. The lowest BCUT2D eigenvalue weighted by Gasteiger charge is -2.20. The average molecular weight is 320 g/mol. The summed E-state index contributed by atoms with van der Waals surface area (Å²) in [4.78, 5) is 23.0. The maximum Gasteiger partial charge on any atom is 0.419 e. The third-order valence-corrected chi connectivity index (χ3v) is 2.48. The number of esters is 1. The van der Waals surface area contributed by atoms with Gasteiger partial charge < -0.3 is 20.1 Å². The molecule has 0 bridgehead atoms. The van der Waals surface area contributed by atoms with Crippen molar-refractivity contribution in [3.8, 4) is 5.75 Å². The van der Waals surface area contributed by atoms with Crippen LogP contribution in [-0.4, -0.2) is 37.9 Å².